The predicted octanol–water partition coefficient (Wildman–Crippen LogP) is 4.49. The van der Waals surface area contributed by atoms with Gasteiger partial charge in [-0.2, -0.15) is 0 Å². The zero-order chi connectivity index (χ0) is 20.9. The van der Waals surface area contributed by atoms with Gasteiger partial charge in [-0.25, -0.2) is 4.98 Å². The van der Waals surface area contributed by atoms with Gasteiger partial charge in [-0.3, -0.25) is 9.69 Å². The summed E-state index contributed by atoms with van der Waals surface area (Å²) in [4.78, 5) is 21.5. The SMILES string of the molecule is CC(=O)c1cn(CCCN2CCCN(Cc3ccccc3Cl)CC2)c2ncccc12. The van der Waals surface area contributed by atoms with Gasteiger partial charge in [0.15, 0.2) is 5.78 Å². The van der Waals surface area contributed by atoms with Crippen LogP contribution in [0.5, 0.6) is 0 Å². The Morgan fingerprint density at radius 2 is 1.83 bits per heavy atom. The van der Waals surface area contributed by atoms with E-state index in [1.165, 1.54) is 12.0 Å². The van der Waals surface area contributed by atoms with Crippen molar-refractivity contribution in [3.8, 4) is 0 Å². The molecular weight excluding hydrogens is 396 g/mol. The van der Waals surface area contributed by atoms with Gasteiger partial charge in [-0.05, 0) is 63.2 Å². The van der Waals surface area contributed by atoms with Crippen molar-refractivity contribution in [2.45, 2.75) is 32.9 Å². The minimum Gasteiger partial charge on any atom is -0.332 e. The Morgan fingerprint density at radius 1 is 1.03 bits per heavy atom. The van der Waals surface area contributed by atoms with Crippen LogP contribution in [0.4, 0.5) is 0 Å². The van der Waals surface area contributed by atoms with Crippen LogP contribution in [0, 0.1) is 0 Å². The number of hydrogen-bond donors (Lipinski definition) is 0. The fraction of sp³-hybridized carbons (Fsp3) is 0.417. The average Bonchev–Trinajstić information content (AvgIpc) is 2.97. The van der Waals surface area contributed by atoms with E-state index >= 15 is 0 Å². The highest BCUT2D eigenvalue weighted by Crippen LogP contribution is 2.21. The Labute approximate surface area is 183 Å². The molecule has 0 N–H and O–H groups in total. The molecular formula is C24H29ClN4O. The van der Waals surface area contributed by atoms with E-state index in [0.29, 0.717) is 0 Å². The summed E-state index contributed by atoms with van der Waals surface area (Å²) < 4.78 is 2.13. The molecule has 0 aliphatic carbocycles. The second kappa shape index (κ2) is 9.73. The van der Waals surface area contributed by atoms with Crippen LogP contribution in [0.25, 0.3) is 11.0 Å². The second-order valence-corrected chi connectivity index (χ2v) is 8.49. The number of hydrogen-bond acceptors (Lipinski definition) is 4. The van der Waals surface area contributed by atoms with E-state index in [-0.39, 0.29) is 5.78 Å². The lowest BCUT2D eigenvalue weighted by molar-refractivity contribution is 0.101. The number of pyridine rings is 1. The van der Waals surface area contributed by atoms with E-state index in [9.17, 15) is 4.79 Å². The van der Waals surface area contributed by atoms with Gasteiger partial charge < -0.3 is 9.47 Å². The van der Waals surface area contributed by atoms with Gasteiger partial charge in [-0.1, -0.05) is 29.8 Å². The third-order valence-electron chi connectivity index (χ3n) is 5.92. The van der Waals surface area contributed by atoms with E-state index in [1.54, 1.807) is 13.1 Å². The topological polar surface area (TPSA) is 41.4 Å². The van der Waals surface area contributed by atoms with E-state index < -0.39 is 0 Å². The number of benzene rings is 1. The molecule has 0 atom stereocenters. The molecule has 1 aliphatic rings. The van der Waals surface area contributed by atoms with Crippen LogP contribution in [0.15, 0.2) is 48.8 Å². The van der Waals surface area contributed by atoms with Crippen LogP contribution in [0.1, 0.15) is 35.7 Å². The van der Waals surface area contributed by atoms with E-state index in [1.807, 2.05) is 30.5 Å². The highest BCUT2D eigenvalue weighted by atomic mass is 35.5. The van der Waals surface area contributed by atoms with Crippen molar-refractivity contribution in [2.75, 3.05) is 32.7 Å². The molecule has 0 amide bonds. The molecule has 3 heterocycles. The summed E-state index contributed by atoms with van der Waals surface area (Å²) >= 11 is 6.34. The van der Waals surface area contributed by atoms with Crippen molar-refractivity contribution in [1.82, 2.24) is 19.4 Å². The average molecular weight is 425 g/mol. The molecule has 1 aliphatic heterocycles. The smallest absolute Gasteiger partial charge is 0.162 e. The molecule has 6 heteroatoms. The predicted molar refractivity (Wildman–Crippen MR) is 122 cm³/mol. The number of carbonyl (C=O) groups is 1. The first-order chi connectivity index (χ1) is 14.6. The maximum atomic E-state index is 12.0. The van der Waals surface area contributed by atoms with Gasteiger partial charge in [0.25, 0.3) is 0 Å². The molecule has 3 aromatic rings. The van der Waals surface area contributed by atoms with Gasteiger partial charge in [0.05, 0.1) is 0 Å². The lowest BCUT2D eigenvalue weighted by Crippen LogP contribution is -2.31. The van der Waals surface area contributed by atoms with Crippen molar-refractivity contribution in [2.24, 2.45) is 0 Å². The van der Waals surface area contributed by atoms with Crippen LogP contribution >= 0.6 is 11.6 Å². The molecule has 4 rings (SSSR count). The van der Waals surface area contributed by atoms with Gasteiger partial charge in [0.2, 0.25) is 0 Å². The zero-order valence-corrected chi connectivity index (χ0v) is 18.3. The quantitative estimate of drug-likeness (QED) is 0.524. The molecule has 1 aromatic carbocycles. The van der Waals surface area contributed by atoms with E-state index in [0.717, 1.165) is 73.9 Å². The molecule has 5 nitrogen and oxygen atoms in total. The Kier molecular flexibility index (Phi) is 6.82. The van der Waals surface area contributed by atoms with Crippen LogP contribution in [-0.2, 0) is 13.1 Å². The number of Topliss-reactive ketones (excluding diaryl/α,β-unsaturated/α-hetero) is 1. The zero-order valence-electron chi connectivity index (χ0n) is 17.6. The van der Waals surface area contributed by atoms with E-state index in [2.05, 4.69) is 31.5 Å². The van der Waals surface area contributed by atoms with Crippen molar-refractivity contribution in [1.29, 1.82) is 0 Å². The third kappa shape index (κ3) is 4.91. The second-order valence-electron chi connectivity index (χ2n) is 8.08. The Bertz CT molecular complexity index is 1020. The van der Waals surface area contributed by atoms with Gasteiger partial charge >= 0.3 is 0 Å². The minimum absolute atomic E-state index is 0.0953. The fourth-order valence-corrected chi connectivity index (χ4v) is 4.51. The van der Waals surface area contributed by atoms with Gasteiger partial charge in [0.1, 0.15) is 5.65 Å². The summed E-state index contributed by atoms with van der Waals surface area (Å²) in [6.45, 7) is 8.85. The van der Waals surface area contributed by atoms with Crippen LogP contribution in [-0.4, -0.2) is 57.9 Å². The summed E-state index contributed by atoms with van der Waals surface area (Å²) in [5, 5.41) is 1.81. The third-order valence-corrected chi connectivity index (χ3v) is 6.29. The Hall–Kier alpha value is -2.21. The molecule has 0 saturated carbocycles. The van der Waals surface area contributed by atoms with Crippen LogP contribution in [0.2, 0.25) is 5.02 Å². The summed E-state index contributed by atoms with van der Waals surface area (Å²) in [6, 6.07) is 12.0. The molecule has 0 spiro atoms. The van der Waals surface area contributed by atoms with Gasteiger partial charge in [0, 0.05) is 54.5 Å². The van der Waals surface area contributed by atoms with Crippen molar-refractivity contribution >= 4 is 28.4 Å². The number of aryl methyl sites for hydroxylation is 1. The number of carbonyl (C=O) groups excluding carboxylic acids is 1. The maximum Gasteiger partial charge on any atom is 0.162 e. The molecule has 0 unspecified atom stereocenters. The normalized spacial score (nSPS) is 16.1. The van der Waals surface area contributed by atoms with Gasteiger partial charge in [-0.15, -0.1) is 0 Å². The minimum atomic E-state index is 0.0953. The molecule has 1 fully saturated rings. The Morgan fingerprint density at radius 3 is 2.67 bits per heavy atom. The summed E-state index contributed by atoms with van der Waals surface area (Å²) in [5.41, 5.74) is 2.88. The summed E-state index contributed by atoms with van der Waals surface area (Å²) in [5.74, 6) is 0.0953. The summed E-state index contributed by atoms with van der Waals surface area (Å²) in [7, 11) is 0. The first kappa shape index (κ1) is 21.0. The molecule has 0 bridgehead atoms. The summed E-state index contributed by atoms with van der Waals surface area (Å²) in [6.07, 6.45) is 5.98. The van der Waals surface area contributed by atoms with Crippen molar-refractivity contribution < 1.29 is 4.79 Å². The monoisotopic (exact) mass is 424 g/mol. The first-order valence-corrected chi connectivity index (χ1v) is 11.1. The Balaban J connectivity index is 1.31. The largest absolute Gasteiger partial charge is 0.332 e. The molecule has 0 radical (unpaired) electrons. The van der Waals surface area contributed by atoms with Crippen LogP contribution < -0.4 is 0 Å². The fourth-order valence-electron chi connectivity index (χ4n) is 4.31. The van der Waals surface area contributed by atoms with Crippen molar-refractivity contribution in [3.63, 3.8) is 0 Å². The number of ketones is 1. The number of halogens is 1. The molecule has 30 heavy (non-hydrogen) atoms. The highest BCUT2D eigenvalue weighted by Gasteiger charge is 2.16. The van der Waals surface area contributed by atoms with Crippen molar-refractivity contribution in [3.05, 3.63) is 64.9 Å². The molecule has 2 aromatic heterocycles. The lowest BCUT2D eigenvalue weighted by atomic mass is 10.2. The number of aromatic nitrogens is 2. The maximum absolute atomic E-state index is 12.0. The van der Waals surface area contributed by atoms with Crippen LogP contribution in [0.3, 0.4) is 0 Å². The number of nitrogens with zero attached hydrogens (tertiary/aromatic N) is 4. The molecule has 1 saturated heterocycles. The highest BCUT2D eigenvalue weighted by molar-refractivity contribution is 6.31. The first-order valence-electron chi connectivity index (χ1n) is 10.7. The number of rotatable bonds is 7. The lowest BCUT2D eigenvalue weighted by Gasteiger charge is -2.22. The standard InChI is InChI=1S/C24H29ClN4O/c1-19(30)22-18-29(24-21(22)8-4-10-26-24)14-6-12-27-11-5-13-28(16-15-27)17-20-7-2-3-9-23(20)25/h2-4,7-10,18H,5-6,11-17H2,1H3. The molecule has 158 valence electrons. The number of fused-ring (bicyclic) bond motifs is 1. The van der Waals surface area contributed by atoms with E-state index in [4.69, 9.17) is 11.6 Å².